The lowest BCUT2D eigenvalue weighted by molar-refractivity contribution is -0.134. The molecule has 1 aliphatic heterocycles. The Kier molecular flexibility index (Phi) is 4.91. The van der Waals surface area contributed by atoms with Crippen LogP contribution in [0.4, 0.5) is 0 Å². The zero-order valence-corrected chi connectivity index (χ0v) is 16.4. The minimum absolute atomic E-state index is 0.0930. The first-order valence-corrected chi connectivity index (χ1v) is 9.29. The molecule has 1 atom stereocenters. The van der Waals surface area contributed by atoms with Gasteiger partial charge >= 0.3 is 0 Å². The molecule has 4 heterocycles. The van der Waals surface area contributed by atoms with Gasteiger partial charge in [0.2, 0.25) is 5.91 Å². The number of carbonyl (C=O) groups is 1. The highest BCUT2D eigenvalue weighted by Crippen LogP contribution is 2.27. The number of hydrogen-bond donors (Lipinski definition) is 0. The Morgan fingerprint density at radius 3 is 2.89 bits per heavy atom. The molecule has 0 radical (unpaired) electrons. The molecule has 3 aromatic heterocycles. The van der Waals surface area contributed by atoms with Crippen molar-refractivity contribution in [3.63, 3.8) is 0 Å². The van der Waals surface area contributed by atoms with E-state index in [1.807, 2.05) is 48.4 Å². The SMILES string of the molecule is C[C@H]1CN(C(=O)CN(C)Cc2cccnc2)Cc2nnc(-c3cnn(C)c3)n21. The van der Waals surface area contributed by atoms with Gasteiger partial charge in [-0.25, -0.2) is 0 Å². The van der Waals surface area contributed by atoms with Crippen molar-refractivity contribution < 1.29 is 4.79 Å². The number of carbonyl (C=O) groups excluding carboxylic acids is 1. The number of pyridine rings is 1. The minimum Gasteiger partial charge on any atom is -0.332 e. The summed E-state index contributed by atoms with van der Waals surface area (Å²) in [5, 5.41) is 12.9. The Morgan fingerprint density at radius 2 is 2.18 bits per heavy atom. The van der Waals surface area contributed by atoms with Gasteiger partial charge in [0.15, 0.2) is 11.6 Å². The van der Waals surface area contributed by atoms with Crippen molar-refractivity contribution in [3.8, 4) is 11.4 Å². The third-order valence-electron chi connectivity index (χ3n) is 4.92. The zero-order valence-electron chi connectivity index (χ0n) is 16.4. The highest BCUT2D eigenvalue weighted by atomic mass is 16.2. The molecule has 0 N–H and O–H groups in total. The molecule has 0 fully saturated rings. The van der Waals surface area contributed by atoms with Gasteiger partial charge in [-0.3, -0.25) is 19.4 Å². The Morgan fingerprint density at radius 1 is 1.32 bits per heavy atom. The first-order valence-electron chi connectivity index (χ1n) is 9.29. The lowest BCUT2D eigenvalue weighted by atomic mass is 10.2. The molecule has 4 rings (SSSR count). The molecule has 1 amide bonds. The van der Waals surface area contributed by atoms with Crippen LogP contribution in [0.3, 0.4) is 0 Å². The smallest absolute Gasteiger partial charge is 0.237 e. The Labute approximate surface area is 163 Å². The highest BCUT2D eigenvalue weighted by Gasteiger charge is 2.30. The van der Waals surface area contributed by atoms with E-state index < -0.39 is 0 Å². The summed E-state index contributed by atoms with van der Waals surface area (Å²) in [7, 11) is 3.82. The number of nitrogens with zero attached hydrogens (tertiary/aromatic N) is 8. The van der Waals surface area contributed by atoms with Crippen LogP contribution in [0.5, 0.6) is 0 Å². The van der Waals surface area contributed by atoms with Crippen LogP contribution in [-0.4, -0.2) is 65.4 Å². The number of aryl methyl sites for hydroxylation is 1. The summed E-state index contributed by atoms with van der Waals surface area (Å²) in [6.45, 7) is 4.23. The fourth-order valence-corrected chi connectivity index (χ4v) is 3.64. The second kappa shape index (κ2) is 7.51. The molecule has 0 saturated heterocycles. The normalized spacial score (nSPS) is 16.4. The predicted octanol–water partition coefficient (Wildman–Crippen LogP) is 1.11. The molecule has 28 heavy (non-hydrogen) atoms. The van der Waals surface area contributed by atoms with E-state index in [0.717, 1.165) is 22.8 Å². The number of aromatic nitrogens is 6. The van der Waals surface area contributed by atoms with E-state index in [1.54, 1.807) is 17.1 Å². The third kappa shape index (κ3) is 3.65. The van der Waals surface area contributed by atoms with Crippen molar-refractivity contribution in [2.45, 2.75) is 26.1 Å². The van der Waals surface area contributed by atoms with Crippen molar-refractivity contribution in [2.75, 3.05) is 20.1 Å². The molecule has 9 heteroatoms. The van der Waals surface area contributed by atoms with Gasteiger partial charge in [-0.05, 0) is 25.6 Å². The Bertz CT molecular complexity index is 963. The van der Waals surface area contributed by atoms with Crippen LogP contribution in [0.25, 0.3) is 11.4 Å². The van der Waals surface area contributed by atoms with Gasteiger partial charge in [0.1, 0.15) is 0 Å². The van der Waals surface area contributed by atoms with Crippen LogP contribution in [0.1, 0.15) is 24.4 Å². The molecule has 1 aliphatic rings. The zero-order chi connectivity index (χ0) is 19.7. The van der Waals surface area contributed by atoms with E-state index in [0.29, 0.717) is 26.2 Å². The highest BCUT2D eigenvalue weighted by molar-refractivity contribution is 5.78. The number of rotatable bonds is 5. The van der Waals surface area contributed by atoms with Crippen molar-refractivity contribution in [1.29, 1.82) is 0 Å². The van der Waals surface area contributed by atoms with Crippen LogP contribution in [0.15, 0.2) is 36.9 Å². The van der Waals surface area contributed by atoms with Gasteiger partial charge in [-0.15, -0.1) is 10.2 Å². The second-order valence-corrected chi connectivity index (χ2v) is 7.37. The first kappa shape index (κ1) is 18.3. The fraction of sp³-hybridized carbons (Fsp3) is 0.421. The fourth-order valence-electron chi connectivity index (χ4n) is 3.64. The molecule has 0 aromatic carbocycles. The number of likely N-dealkylation sites (N-methyl/N-ethyl adjacent to an activating group) is 1. The molecule has 0 saturated carbocycles. The quantitative estimate of drug-likeness (QED) is 0.659. The van der Waals surface area contributed by atoms with Gasteiger partial charge < -0.3 is 9.47 Å². The number of amides is 1. The summed E-state index contributed by atoms with van der Waals surface area (Å²) in [6.07, 6.45) is 7.29. The molecule has 0 unspecified atom stereocenters. The minimum atomic E-state index is 0.0930. The molecular formula is C19H24N8O. The lowest BCUT2D eigenvalue weighted by Gasteiger charge is -2.33. The maximum atomic E-state index is 12.8. The van der Waals surface area contributed by atoms with Gasteiger partial charge in [-0.1, -0.05) is 6.07 Å². The summed E-state index contributed by atoms with van der Waals surface area (Å²) >= 11 is 0. The Balaban J connectivity index is 1.44. The van der Waals surface area contributed by atoms with E-state index in [1.165, 1.54) is 0 Å². The van der Waals surface area contributed by atoms with Crippen molar-refractivity contribution in [3.05, 3.63) is 48.3 Å². The first-order chi connectivity index (χ1) is 13.5. The summed E-state index contributed by atoms with van der Waals surface area (Å²) < 4.78 is 3.86. The van der Waals surface area contributed by atoms with Crippen molar-refractivity contribution in [2.24, 2.45) is 7.05 Å². The summed E-state index contributed by atoms with van der Waals surface area (Å²) in [5.41, 5.74) is 2.02. The van der Waals surface area contributed by atoms with E-state index >= 15 is 0 Å². The van der Waals surface area contributed by atoms with Crippen molar-refractivity contribution >= 4 is 5.91 Å². The second-order valence-electron chi connectivity index (χ2n) is 7.37. The molecule has 3 aromatic rings. The molecule has 0 spiro atoms. The summed E-state index contributed by atoms with van der Waals surface area (Å²) in [5.74, 6) is 1.70. The number of fused-ring (bicyclic) bond motifs is 1. The summed E-state index contributed by atoms with van der Waals surface area (Å²) in [4.78, 5) is 20.8. The third-order valence-corrected chi connectivity index (χ3v) is 4.92. The molecule has 9 nitrogen and oxygen atoms in total. The molecule has 0 aliphatic carbocycles. The van der Waals surface area contributed by atoms with Gasteiger partial charge in [0, 0.05) is 38.7 Å². The average Bonchev–Trinajstić information content (AvgIpc) is 3.28. The standard InChI is InChI=1S/C19H24N8O/c1-14-9-26(18(28)13-24(2)10-15-5-4-6-20-7-15)12-17-22-23-19(27(14)17)16-8-21-25(3)11-16/h4-8,11,14H,9-10,12-13H2,1-3H3/t14-/m0/s1. The maximum absolute atomic E-state index is 12.8. The van der Waals surface area contributed by atoms with E-state index in [4.69, 9.17) is 0 Å². The van der Waals surface area contributed by atoms with Gasteiger partial charge in [-0.2, -0.15) is 5.10 Å². The van der Waals surface area contributed by atoms with E-state index in [-0.39, 0.29) is 11.9 Å². The van der Waals surface area contributed by atoms with Gasteiger partial charge in [0.25, 0.3) is 0 Å². The van der Waals surface area contributed by atoms with Gasteiger partial charge in [0.05, 0.1) is 30.9 Å². The maximum Gasteiger partial charge on any atom is 0.237 e. The molecular weight excluding hydrogens is 356 g/mol. The predicted molar refractivity (Wildman–Crippen MR) is 103 cm³/mol. The monoisotopic (exact) mass is 380 g/mol. The molecule has 0 bridgehead atoms. The largest absolute Gasteiger partial charge is 0.332 e. The van der Waals surface area contributed by atoms with Crippen molar-refractivity contribution in [1.82, 2.24) is 39.3 Å². The molecule has 146 valence electrons. The van der Waals surface area contributed by atoms with Crippen LogP contribution >= 0.6 is 0 Å². The Hall–Kier alpha value is -3.07. The topological polar surface area (TPSA) is 85.0 Å². The lowest BCUT2D eigenvalue weighted by Crippen LogP contribution is -2.44. The van der Waals surface area contributed by atoms with Crippen LogP contribution < -0.4 is 0 Å². The number of hydrogen-bond acceptors (Lipinski definition) is 6. The van der Waals surface area contributed by atoms with E-state index in [9.17, 15) is 4.79 Å². The van der Waals surface area contributed by atoms with Crippen LogP contribution in [0.2, 0.25) is 0 Å². The average molecular weight is 380 g/mol. The van der Waals surface area contributed by atoms with Crippen LogP contribution in [0, 0.1) is 0 Å². The summed E-state index contributed by atoms with van der Waals surface area (Å²) in [6, 6.07) is 4.02. The van der Waals surface area contributed by atoms with Crippen LogP contribution in [-0.2, 0) is 24.9 Å². The van der Waals surface area contributed by atoms with E-state index in [2.05, 4.69) is 31.8 Å².